The molecule has 0 N–H and O–H groups in total. The number of benzene rings is 1. The molecular formula is C13H9F4NOS. The number of nitrogens with zero attached hydrogens (tertiary/aromatic N) is 1. The minimum absolute atomic E-state index is 0.203. The maximum Gasteiger partial charge on any atom is 0.419 e. The fraction of sp³-hybridized carbons (Fsp3) is 0.231. The standard InChI is InChI=1S/C13H9F4NOS/c1-6-12(20-7(2)18-6)11(19)8-3-4-10(14)9(5-8)13(15,16)17/h3-5H,1-2H3. The van der Waals surface area contributed by atoms with E-state index in [1.54, 1.807) is 13.8 Å². The van der Waals surface area contributed by atoms with Gasteiger partial charge in [0.05, 0.1) is 21.1 Å². The lowest BCUT2D eigenvalue weighted by Crippen LogP contribution is -2.11. The van der Waals surface area contributed by atoms with Crippen molar-refractivity contribution in [1.29, 1.82) is 0 Å². The molecule has 0 amide bonds. The third kappa shape index (κ3) is 2.72. The summed E-state index contributed by atoms with van der Waals surface area (Å²) in [4.78, 5) is 16.5. The normalized spacial score (nSPS) is 11.7. The van der Waals surface area contributed by atoms with E-state index in [0.717, 1.165) is 17.4 Å². The molecule has 2 rings (SSSR count). The lowest BCUT2D eigenvalue weighted by molar-refractivity contribution is -0.140. The van der Waals surface area contributed by atoms with E-state index in [1.807, 2.05) is 0 Å². The second kappa shape index (κ2) is 4.97. The van der Waals surface area contributed by atoms with E-state index in [1.165, 1.54) is 0 Å². The van der Waals surface area contributed by atoms with Crippen LogP contribution in [0.4, 0.5) is 17.6 Å². The number of thiazole rings is 1. The van der Waals surface area contributed by atoms with E-state index < -0.39 is 23.3 Å². The van der Waals surface area contributed by atoms with E-state index in [2.05, 4.69) is 4.98 Å². The second-order valence-electron chi connectivity index (χ2n) is 4.17. The molecule has 1 aromatic carbocycles. The maximum absolute atomic E-state index is 13.2. The Balaban J connectivity index is 2.49. The van der Waals surface area contributed by atoms with Crippen LogP contribution in [0, 0.1) is 19.7 Å². The van der Waals surface area contributed by atoms with E-state index in [4.69, 9.17) is 0 Å². The van der Waals surface area contributed by atoms with Crippen molar-refractivity contribution in [3.63, 3.8) is 0 Å². The predicted octanol–water partition coefficient (Wildman–Crippen LogP) is 4.15. The highest BCUT2D eigenvalue weighted by Crippen LogP contribution is 2.32. The Kier molecular flexibility index (Phi) is 3.64. The lowest BCUT2D eigenvalue weighted by atomic mass is 10.0. The van der Waals surface area contributed by atoms with Crippen LogP contribution in [0.5, 0.6) is 0 Å². The summed E-state index contributed by atoms with van der Waals surface area (Å²) in [5.74, 6) is -1.98. The summed E-state index contributed by atoms with van der Waals surface area (Å²) in [5.41, 5.74) is -1.19. The molecule has 7 heteroatoms. The van der Waals surface area contributed by atoms with Gasteiger partial charge in [0.15, 0.2) is 0 Å². The van der Waals surface area contributed by atoms with Crippen LogP contribution in [-0.2, 0) is 6.18 Å². The van der Waals surface area contributed by atoms with E-state index in [-0.39, 0.29) is 10.4 Å². The van der Waals surface area contributed by atoms with Gasteiger partial charge in [-0.15, -0.1) is 11.3 Å². The first-order valence-electron chi connectivity index (χ1n) is 5.55. The molecule has 0 saturated carbocycles. The molecule has 0 bridgehead atoms. The quantitative estimate of drug-likeness (QED) is 0.616. The maximum atomic E-state index is 13.2. The highest BCUT2D eigenvalue weighted by Gasteiger charge is 2.35. The number of hydrogen-bond donors (Lipinski definition) is 0. The van der Waals surface area contributed by atoms with Crippen LogP contribution in [0.1, 0.15) is 31.5 Å². The molecule has 0 unspecified atom stereocenters. The largest absolute Gasteiger partial charge is 0.419 e. The van der Waals surface area contributed by atoms with Gasteiger partial charge in [0.2, 0.25) is 5.78 Å². The SMILES string of the molecule is Cc1nc(C)c(C(=O)c2ccc(F)c(C(F)(F)F)c2)s1. The molecular weight excluding hydrogens is 294 g/mol. The topological polar surface area (TPSA) is 30.0 Å². The molecule has 0 atom stereocenters. The van der Waals surface area contributed by atoms with Crippen LogP contribution < -0.4 is 0 Å². The third-order valence-electron chi connectivity index (χ3n) is 2.64. The smallest absolute Gasteiger partial charge is 0.288 e. The zero-order valence-electron chi connectivity index (χ0n) is 10.5. The fourth-order valence-electron chi connectivity index (χ4n) is 1.76. The molecule has 0 fully saturated rings. The van der Waals surface area contributed by atoms with Gasteiger partial charge in [-0.1, -0.05) is 0 Å². The molecule has 0 aliphatic rings. The molecule has 2 nitrogen and oxygen atoms in total. The zero-order valence-corrected chi connectivity index (χ0v) is 11.3. The van der Waals surface area contributed by atoms with Gasteiger partial charge in [0.25, 0.3) is 0 Å². The van der Waals surface area contributed by atoms with Crippen LogP contribution in [0.25, 0.3) is 0 Å². The minimum Gasteiger partial charge on any atom is -0.288 e. The highest BCUT2D eigenvalue weighted by molar-refractivity contribution is 7.14. The van der Waals surface area contributed by atoms with Crippen molar-refractivity contribution in [3.05, 3.63) is 50.7 Å². The number of carbonyl (C=O) groups excluding carboxylic acids is 1. The Morgan fingerprint density at radius 1 is 1.25 bits per heavy atom. The average molecular weight is 303 g/mol. The molecule has 1 aromatic heterocycles. The summed E-state index contributed by atoms with van der Waals surface area (Å²) in [6.45, 7) is 3.30. The van der Waals surface area contributed by atoms with Gasteiger partial charge >= 0.3 is 6.18 Å². The fourth-order valence-corrected chi connectivity index (χ4v) is 2.64. The molecule has 106 valence electrons. The summed E-state index contributed by atoms with van der Waals surface area (Å²) in [7, 11) is 0. The first-order chi connectivity index (χ1) is 9.20. The number of aryl methyl sites for hydroxylation is 2. The number of ketones is 1. The lowest BCUT2D eigenvalue weighted by Gasteiger charge is -2.09. The number of aromatic nitrogens is 1. The number of hydrogen-bond acceptors (Lipinski definition) is 3. The van der Waals surface area contributed by atoms with E-state index >= 15 is 0 Å². The van der Waals surface area contributed by atoms with E-state index in [0.29, 0.717) is 22.8 Å². The van der Waals surface area contributed by atoms with Crippen LogP contribution in [0.2, 0.25) is 0 Å². The molecule has 2 aromatic rings. The van der Waals surface area contributed by atoms with Crippen LogP contribution in [-0.4, -0.2) is 10.8 Å². The van der Waals surface area contributed by atoms with Crippen LogP contribution >= 0.6 is 11.3 Å². The van der Waals surface area contributed by atoms with Gasteiger partial charge < -0.3 is 0 Å². The second-order valence-corrected chi connectivity index (χ2v) is 5.37. The van der Waals surface area contributed by atoms with Crippen molar-refractivity contribution in [2.24, 2.45) is 0 Å². The summed E-state index contributed by atoms with van der Waals surface area (Å²) < 4.78 is 51.0. The van der Waals surface area contributed by atoms with Gasteiger partial charge in [0.1, 0.15) is 5.82 Å². The Morgan fingerprint density at radius 3 is 2.40 bits per heavy atom. The number of alkyl halides is 3. The van der Waals surface area contributed by atoms with Gasteiger partial charge in [-0.2, -0.15) is 13.2 Å². The highest BCUT2D eigenvalue weighted by atomic mass is 32.1. The van der Waals surface area contributed by atoms with E-state index in [9.17, 15) is 22.4 Å². The summed E-state index contributed by atoms with van der Waals surface area (Å²) in [5, 5.41) is 0.643. The monoisotopic (exact) mass is 303 g/mol. The molecule has 0 saturated heterocycles. The molecule has 20 heavy (non-hydrogen) atoms. The zero-order chi connectivity index (χ0) is 15.1. The first kappa shape index (κ1) is 14.6. The summed E-state index contributed by atoms with van der Waals surface area (Å²) >= 11 is 1.10. The Labute approximate surface area is 116 Å². The number of rotatable bonds is 2. The molecule has 0 aliphatic carbocycles. The van der Waals surface area contributed by atoms with Crippen LogP contribution in [0.15, 0.2) is 18.2 Å². The van der Waals surface area contributed by atoms with Crippen molar-refractivity contribution < 1.29 is 22.4 Å². The van der Waals surface area contributed by atoms with Crippen molar-refractivity contribution in [2.75, 3.05) is 0 Å². The van der Waals surface area contributed by atoms with Gasteiger partial charge in [-0.05, 0) is 32.0 Å². The molecule has 1 heterocycles. The summed E-state index contributed by atoms with van der Waals surface area (Å²) in [6.07, 6.45) is -4.83. The summed E-state index contributed by atoms with van der Waals surface area (Å²) in [6, 6.07) is 2.23. The number of halogens is 4. The third-order valence-corrected chi connectivity index (χ3v) is 3.72. The Morgan fingerprint density at radius 2 is 1.90 bits per heavy atom. The predicted molar refractivity (Wildman–Crippen MR) is 66.4 cm³/mol. The van der Waals surface area contributed by atoms with Gasteiger partial charge in [-0.3, -0.25) is 4.79 Å². The first-order valence-corrected chi connectivity index (χ1v) is 6.37. The van der Waals surface area contributed by atoms with Gasteiger partial charge in [-0.25, -0.2) is 9.37 Å². The Hall–Kier alpha value is -1.76. The Bertz CT molecular complexity index is 675. The van der Waals surface area contributed by atoms with Crippen molar-refractivity contribution in [2.45, 2.75) is 20.0 Å². The molecule has 0 aliphatic heterocycles. The van der Waals surface area contributed by atoms with Gasteiger partial charge in [0, 0.05) is 5.56 Å². The number of carbonyl (C=O) groups is 1. The average Bonchev–Trinajstić information content (AvgIpc) is 2.66. The van der Waals surface area contributed by atoms with Crippen LogP contribution in [0.3, 0.4) is 0 Å². The minimum atomic E-state index is -4.83. The van der Waals surface area contributed by atoms with Crippen molar-refractivity contribution in [1.82, 2.24) is 4.98 Å². The molecule has 0 radical (unpaired) electrons. The molecule has 0 spiro atoms. The van der Waals surface area contributed by atoms with Crippen molar-refractivity contribution >= 4 is 17.1 Å². The van der Waals surface area contributed by atoms with Crippen molar-refractivity contribution in [3.8, 4) is 0 Å².